The van der Waals surface area contributed by atoms with Gasteiger partial charge in [0, 0.05) is 49.4 Å². The number of imidazole rings is 2. The first-order chi connectivity index (χ1) is 18.6. The zero-order valence-corrected chi connectivity index (χ0v) is 21.0. The number of hydrogen-bond donors (Lipinski definition) is 2. The SMILES string of the molecule is COc1ncccc1-c1ccc(O)c(-c2nc3cc(C(=O)N4CCC(Cn5ccnc5)CC4)ccc3[nH]2)c1. The van der Waals surface area contributed by atoms with E-state index in [1.165, 1.54) is 0 Å². The van der Waals surface area contributed by atoms with Crippen LogP contribution in [-0.2, 0) is 6.54 Å². The number of piperidine rings is 1. The van der Waals surface area contributed by atoms with Crippen molar-refractivity contribution in [3.05, 3.63) is 79.0 Å². The van der Waals surface area contributed by atoms with Crippen molar-refractivity contribution in [3.63, 3.8) is 0 Å². The van der Waals surface area contributed by atoms with Crippen LogP contribution in [0.2, 0.25) is 0 Å². The smallest absolute Gasteiger partial charge is 0.253 e. The highest BCUT2D eigenvalue weighted by molar-refractivity contribution is 5.98. The number of aromatic nitrogens is 5. The summed E-state index contributed by atoms with van der Waals surface area (Å²) < 4.78 is 7.50. The first-order valence-corrected chi connectivity index (χ1v) is 12.7. The fourth-order valence-electron chi connectivity index (χ4n) is 5.13. The van der Waals surface area contributed by atoms with Crippen molar-refractivity contribution in [2.24, 2.45) is 5.92 Å². The summed E-state index contributed by atoms with van der Waals surface area (Å²) in [7, 11) is 1.58. The summed E-state index contributed by atoms with van der Waals surface area (Å²) in [6.45, 7) is 2.41. The zero-order valence-electron chi connectivity index (χ0n) is 21.0. The number of ether oxygens (including phenoxy) is 1. The number of aromatic hydroxyl groups is 1. The summed E-state index contributed by atoms with van der Waals surface area (Å²) in [5.74, 6) is 1.69. The number of fused-ring (bicyclic) bond motifs is 1. The fraction of sp³-hybridized carbons (Fsp3) is 0.241. The van der Waals surface area contributed by atoms with E-state index < -0.39 is 0 Å². The predicted octanol–water partition coefficient (Wildman–Crippen LogP) is 4.76. The van der Waals surface area contributed by atoms with Gasteiger partial charge in [-0.15, -0.1) is 0 Å². The Morgan fingerprint density at radius 1 is 1.11 bits per heavy atom. The second-order valence-corrected chi connectivity index (χ2v) is 9.60. The quantitative estimate of drug-likeness (QED) is 0.342. The molecular formula is C29H28N6O3. The number of aromatic amines is 1. The number of pyridine rings is 1. The van der Waals surface area contributed by atoms with E-state index in [9.17, 15) is 9.90 Å². The molecule has 0 bridgehead atoms. The van der Waals surface area contributed by atoms with Gasteiger partial charge in [0.2, 0.25) is 5.88 Å². The highest BCUT2D eigenvalue weighted by Gasteiger charge is 2.24. The lowest BCUT2D eigenvalue weighted by molar-refractivity contribution is 0.0683. The van der Waals surface area contributed by atoms with Crippen LogP contribution in [0, 0.1) is 5.92 Å². The van der Waals surface area contributed by atoms with E-state index in [-0.39, 0.29) is 11.7 Å². The number of rotatable bonds is 6. The van der Waals surface area contributed by atoms with Crippen molar-refractivity contribution >= 4 is 16.9 Å². The maximum absolute atomic E-state index is 13.3. The number of hydrogen-bond acceptors (Lipinski definition) is 6. The minimum atomic E-state index is 0.0195. The summed E-state index contributed by atoms with van der Waals surface area (Å²) in [5, 5.41) is 10.6. The van der Waals surface area contributed by atoms with E-state index in [1.807, 2.05) is 59.9 Å². The van der Waals surface area contributed by atoms with Gasteiger partial charge < -0.3 is 24.3 Å². The molecule has 0 radical (unpaired) electrons. The molecule has 6 rings (SSSR count). The number of benzene rings is 2. The topological polar surface area (TPSA) is 109 Å². The van der Waals surface area contributed by atoms with Crippen molar-refractivity contribution < 1.29 is 14.6 Å². The molecule has 0 saturated carbocycles. The summed E-state index contributed by atoms with van der Waals surface area (Å²) >= 11 is 0. The molecule has 38 heavy (non-hydrogen) atoms. The van der Waals surface area contributed by atoms with Crippen LogP contribution < -0.4 is 4.74 Å². The Labute approximate surface area is 219 Å². The predicted molar refractivity (Wildman–Crippen MR) is 144 cm³/mol. The van der Waals surface area contributed by atoms with Gasteiger partial charge in [-0.05, 0) is 66.8 Å². The van der Waals surface area contributed by atoms with Crippen LogP contribution in [0.4, 0.5) is 0 Å². The maximum atomic E-state index is 13.3. The second-order valence-electron chi connectivity index (χ2n) is 9.60. The Bertz CT molecular complexity index is 1590. The molecule has 0 atom stereocenters. The number of carbonyl (C=O) groups excluding carboxylic acids is 1. The molecular weight excluding hydrogens is 480 g/mol. The third kappa shape index (κ3) is 4.58. The van der Waals surface area contributed by atoms with Gasteiger partial charge in [0.15, 0.2) is 0 Å². The van der Waals surface area contributed by atoms with Gasteiger partial charge in [0.1, 0.15) is 11.6 Å². The van der Waals surface area contributed by atoms with Gasteiger partial charge in [-0.25, -0.2) is 15.0 Å². The fourth-order valence-corrected chi connectivity index (χ4v) is 5.13. The molecule has 0 spiro atoms. The van der Waals surface area contributed by atoms with Crippen LogP contribution in [0.3, 0.4) is 0 Å². The van der Waals surface area contributed by atoms with Crippen LogP contribution in [0.15, 0.2) is 73.4 Å². The van der Waals surface area contributed by atoms with E-state index >= 15 is 0 Å². The van der Waals surface area contributed by atoms with Gasteiger partial charge >= 0.3 is 0 Å². The van der Waals surface area contributed by atoms with Crippen molar-refractivity contribution in [3.8, 4) is 34.1 Å². The maximum Gasteiger partial charge on any atom is 0.253 e. The molecule has 5 aromatic rings. The second kappa shape index (κ2) is 10.0. The molecule has 1 saturated heterocycles. The lowest BCUT2D eigenvalue weighted by atomic mass is 9.96. The molecule has 1 amide bonds. The van der Waals surface area contributed by atoms with Crippen molar-refractivity contribution in [1.82, 2.24) is 29.4 Å². The van der Waals surface area contributed by atoms with E-state index in [0.717, 1.165) is 49.1 Å². The standard InChI is InChI=1S/C29H28N6O3/c1-38-28-22(3-2-10-31-28)20-5-7-26(36)23(15-20)27-32-24-6-4-21(16-25(24)33-27)29(37)35-12-8-19(9-13-35)17-34-14-11-30-18-34/h2-7,10-11,14-16,18-19,36H,8-9,12-13,17H2,1H3,(H,32,33). The number of H-pyrrole nitrogens is 1. The number of phenols is 1. The Kier molecular flexibility index (Phi) is 6.25. The van der Waals surface area contributed by atoms with Gasteiger partial charge in [-0.3, -0.25) is 4.79 Å². The third-order valence-corrected chi connectivity index (χ3v) is 7.19. The van der Waals surface area contributed by atoms with E-state index in [0.29, 0.717) is 34.3 Å². The number of nitrogens with zero attached hydrogens (tertiary/aromatic N) is 5. The van der Waals surface area contributed by atoms with Crippen LogP contribution >= 0.6 is 0 Å². The summed E-state index contributed by atoms with van der Waals surface area (Å²) in [4.78, 5) is 31.6. The summed E-state index contributed by atoms with van der Waals surface area (Å²) in [5.41, 5.74) is 4.28. The molecule has 1 aliphatic rings. The molecule has 2 aromatic carbocycles. The number of phenolic OH excluding ortho intramolecular Hbond substituents is 1. The number of methoxy groups -OCH3 is 1. The average molecular weight is 509 g/mol. The highest BCUT2D eigenvalue weighted by atomic mass is 16.5. The minimum absolute atomic E-state index is 0.0195. The first kappa shape index (κ1) is 23.7. The van der Waals surface area contributed by atoms with E-state index in [4.69, 9.17) is 9.72 Å². The lowest BCUT2D eigenvalue weighted by Gasteiger charge is -2.32. The van der Waals surface area contributed by atoms with Crippen molar-refractivity contribution in [2.75, 3.05) is 20.2 Å². The number of carbonyl (C=O) groups is 1. The van der Waals surface area contributed by atoms with Crippen molar-refractivity contribution in [1.29, 1.82) is 0 Å². The Balaban J connectivity index is 1.22. The molecule has 0 aliphatic carbocycles. The normalized spacial score (nSPS) is 14.2. The minimum Gasteiger partial charge on any atom is -0.507 e. The molecule has 192 valence electrons. The highest BCUT2D eigenvalue weighted by Crippen LogP contribution is 2.36. The largest absolute Gasteiger partial charge is 0.507 e. The van der Waals surface area contributed by atoms with Gasteiger partial charge in [-0.1, -0.05) is 6.07 Å². The van der Waals surface area contributed by atoms with Gasteiger partial charge in [0.25, 0.3) is 5.91 Å². The molecule has 1 aliphatic heterocycles. The lowest BCUT2D eigenvalue weighted by Crippen LogP contribution is -2.39. The van der Waals surface area contributed by atoms with Crippen LogP contribution in [-0.4, -0.2) is 60.6 Å². The monoisotopic (exact) mass is 508 g/mol. The Hall–Kier alpha value is -4.66. The average Bonchev–Trinajstić information content (AvgIpc) is 3.63. The number of nitrogens with one attached hydrogen (secondary N) is 1. The van der Waals surface area contributed by atoms with E-state index in [2.05, 4.69) is 19.5 Å². The molecule has 9 nitrogen and oxygen atoms in total. The summed E-state index contributed by atoms with van der Waals surface area (Å²) in [6, 6.07) is 14.6. The summed E-state index contributed by atoms with van der Waals surface area (Å²) in [6.07, 6.45) is 9.23. The van der Waals surface area contributed by atoms with E-state index in [1.54, 1.807) is 25.6 Å². The molecule has 9 heteroatoms. The first-order valence-electron chi connectivity index (χ1n) is 12.7. The van der Waals surface area contributed by atoms with Gasteiger partial charge in [0.05, 0.1) is 30.0 Å². The third-order valence-electron chi connectivity index (χ3n) is 7.19. The molecule has 0 unspecified atom stereocenters. The van der Waals surface area contributed by atoms with Crippen molar-refractivity contribution in [2.45, 2.75) is 19.4 Å². The van der Waals surface area contributed by atoms with Crippen LogP contribution in [0.1, 0.15) is 23.2 Å². The molecule has 1 fully saturated rings. The molecule has 3 aromatic heterocycles. The van der Waals surface area contributed by atoms with Crippen LogP contribution in [0.5, 0.6) is 11.6 Å². The Morgan fingerprint density at radius 2 is 1.97 bits per heavy atom. The van der Waals surface area contributed by atoms with Crippen LogP contribution in [0.25, 0.3) is 33.5 Å². The Morgan fingerprint density at radius 3 is 2.76 bits per heavy atom. The zero-order chi connectivity index (χ0) is 26.1. The number of amides is 1. The molecule has 2 N–H and O–H groups in total. The molecule has 4 heterocycles. The number of likely N-dealkylation sites (tertiary alicyclic amines) is 1. The van der Waals surface area contributed by atoms with Gasteiger partial charge in [-0.2, -0.15) is 0 Å².